The van der Waals surface area contributed by atoms with Crippen LogP contribution in [0.15, 0.2) is 11.8 Å². The number of allylic oxidation sites excluding steroid dienone is 1. The van der Waals surface area contributed by atoms with Gasteiger partial charge in [-0.1, -0.05) is 38.7 Å². The zero-order chi connectivity index (χ0) is 10.8. The molecule has 0 rings (SSSR count). The number of nitrogens with two attached hydrogens (primary N) is 1. The van der Waals surface area contributed by atoms with E-state index in [1.807, 2.05) is 0 Å². The number of esters is 1. The van der Waals surface area contributed by atoms with E-state index in [0.717, 1.165) is 12.8 Å². The van der Waals surface area contributed by atoms with Gasteiger partial charge in [0.1, 0.15) is 5.70 Å². The summed E-state index contributed by atoms with van der Waals surface area (Å²) in [7, 11) is 0. The van der Waals surface area contributed by atoms with Crippen LogP contribution in [0, 0.1) is 0 Å². The molecule has 0 bridgehead atoms. The Kier molecular flexibility index (Phi) is 7.99. The van der Waals surface area contributed by atoms with Crippen molar-refractivity contribution in [1.29, 1.82) is 0 Å². The molecular weight excluding hydrogens is 178 g/mol. The first-order chi connectivity index (χ1) is 6.72. The maximum Gasteiger partial charge on any atom is 0.353 e. The maximum atomic E-state index is 11.0. The minimum atomic E-state index is -0.400. The smallest absolute Gasteiger partial charge is 0.353 e. The molecule has 0 heterocycles. The molecule has 0 saturated carbocycles. The highest BCUT2D eigenvalue weighted by Crippen LogP contribution is 2.02. The van der Waals surface area contributed by atoms with Gasteiger partial charge >= 0.3 is 5.97 Å². The first-order valence-electron chi connectivity index (χ1n) is 5.31. The van der Waals surface area contributed by atoms with Gasteiger partial charge in [0.2, 0.25) is 0 Å². The molecule has 2 N–H and O–H groups in total. The Morgan fingerprint density at radius 1 is 1.29 bits per heavy atom. The van der Waals surface area contributed by atoms with Crippen molar-refractivity contribution in [1.82, 2.24) is 0 Å². The fourth-order valence-electron chi connectivity index (χ4n) is 1.07. The number of hydrogen-bond donors (Lipinski definition) is 1. The van der Waals surface area contributed by atoms with E-state index in [2.05, 4.69) is 6.92 Å². The molecule has 0 fully saturated rings. The van der Waals surface area contributed by atoms with E-state index in [4.69, 9.17) is 10.5 Å². The summed E-state index contributed by atoms with van der Waals surface area (Å²) in [6.07, 6.45) is 7.31. The van der Waals surface area contributed by atoms with Crippen molar-refractivity contribution >= 4 is 5.97 Å². The predicted molar refractivity (Wildman–Crippen MR) is 57.7 cm³/mol. The molecule has 0 aromatic rings. The second kappa shape index (κ2) is 8.60. The van der Waals surface area contributed by atoms with Gasteiger partial charge in [-0.25, -0.2) is 4.79 Å². The molecule has 3 nitrogen and oxygen atoms in total. The summed E-state index contributed by atoms with van der Waals surface area (Å²) in [5, 5.41) is 0. The Bertz CT molecular complexity index is 188. The third kappa shape index (κ3) is 6.52. The molecule has 0 unspecified atom stereocenters. The van der Waals surface area contributed by atoms with Crippen LogP contribution in [0.25, 0.3) is 0 Å². The molecule has 3 heteroatoms. The number of hydrogen-bond acceptors (Lipinski definition) is 3. The molecule has 0 aromatic heterocycles. The lowest BCUT2D eigenvalue weighted by molar-refractivity contribution is -0.139. The first-order valence-corrected chi connectivity index (χ1v) is 5.31. The van der Waals surface area contributed by atoms with Gasteiger partial charge in [0, 0.05) is 0 Å². The van der Waals surface area contributed by atoms with Gasteiger partial charge in [-0.3, -0.25) is 0 Å². The van der Waals surface area contributed by atoms with Crippen molar-refractivity contribution in [3.63, 3.8) is 0 Å². The minimum Gasteiger partial charge on any atom is -0.461 e. The molecule has 14 heavy (non-hydrogen) atoms. The largest absolute Gasteiger partial charge is 0.461 e. The molecule has 0 amide bonds. The van der Waals surface area contributed by atoms with Crippen molar-refractivity contribution in [3.8, 4) is 0 Å². The van der Waals surface area contributed by atoms with Gasteiger partial charge in [-0.05, 0) is 13.3 Å². The number of carbonyl (C=O) groups is 1. The van der Waals surface area contributed by atoms with Crippen LogP contribution in [0.1, 0.15) is 46.0 Å². The average molecular weight is 199 g/mol. The average Bonchev–Trinajstić information content (AvgIpc) is 2.21. The third-order valence-corrected chi connectivity index (χ3v) is 2.03. The summed E-state index contributed by atoms with van der Waals surface area (Å²) in [6.45, 7) is 4.38. The number of ether oxygens (including phenoxy) is 1. The van der Waals surface area contributed by atoms with Gasteiger partial charge < -0.3 is 10.5 Å². The Hall–Kier alpha value is -0.990. The van der Waals surface area contributed by atoms with Crippen LogP contribution < -0.4 is 5.73 Å². The van der Waals surface area contributed by atoms with Gasteiger partial charge in [-0.15, -0.1) is 0 Å². The molecule has 82 valence electrons. The zero-order valence-corrected chi connectivity index (χ0v) is 9.21. The third-order valence-electron chi connectivity index (χ3n) is 2.03. The monoisotopic (exact) mass is 199 g/mol. The molecule has 0 saturated heterocycles. The molecular formula is C11H21NO2. The van der Waals surface area contributed by atoms with Gasteiger partial charge in [0.15, 0.2) is 0 Å². The molecule has 0 radical (unpaired) electrons. The SMILES string of the molecule is C/C=C(\N)C(=O)OCCCCCCC. The number of carbonyl (C=O) groups excluding carboxylic acids is 1. The number of unbranched alkanes of at least 4 members (excludes halogenated alkanes) is 4. The molecule has 0 aromatic carbocycles. The fourth-order valence-corrected chi connectivity index (χ4v) is 1.07. The van der Waals surface area contributed by atoms with Crippen LogP contribution >= 0.6 is 0 Å². The Balaban J connectivity index is 3.32. The van der Waals surface area contributed by atoms with Gasteiger partial charge in [0.05, 0.1) is 6.61 Å². The van der Waals surface area contributed by atoms with E-state index in [0.29, 0.717) is 6.61 Å². The summed E-state index contributed by atoms with van der Waals surface area (Å²) < 4.78 is 4.94. The van der Waals surface area contributed by atoms with Crippen molar-refractivity contribution in [2.24, 2.45) is 5.73 Å². The zero-order valence-electron chi connectivity index (χ0n) is 9.21. The highest BCUT2D eigenvalue weighted by molar-refractivity contribution is 5.87. The number of rotatable bonds is 7. The van der Waals surface area contributed by atoms with Crippen LogP contribution in [0.4, 0.5) is 0 Å². The Morgan fingerprint density at radius 3 is 2.50 bits per heavy atom. The van der Waals surface area contributed by atoms with Crippen LogP contribution in [-0.4, -0.2) is 12.6 Å². The topological polar surface area (TPSA) is 52.3 Å². The summed E-state index contributed by atoms with van der Waals surface area (Å²) in [4.78, 5) is 11.0. The fraction of sp³-hybridized carbons (Fsp3) is 0.727. The highest BCUT2D eigenvalue weighted by atomic mass is 16.5. The van der Waals surface area contributed by atoms with Crippen molar-refractivity contribution in [2.45, 2.75) is 46.0 Å². The van der Waals surface area contributed by atoms with Crippen LogP contribution in [0.2, 0.25) is 0 Å². The van der Waals surface area contributed by atoms with Gasteiger partial charge in [0.25, 0.3) is 0 Å². The standard InChI is InChI=1S/C11H21NO2/c1-3-5-6-7-8-9-14-11(13)10(12)4-2/h4H,3,5-9,12H2,1-2H3/b10-4-. The van der Waals surface area contributed by atoms with Crippen LogP contribution in [-0.2, 0) is 9.53 Å². The van der Waals surface area contributed by atoms with Crippen LogP contribution in [0.3, 0.4) is 0 Å². The molecule has 0 atom stereocenters. The highest BCUT2D eigenvalue weighted by Gasteiger charge is 2.03. The van der Waals surface area contributed by atoms with Crippen LogP contribution in [0.5, 0.6) is 0 Å². The lowest BCUT2D eigenvalue weighted by Crippen LogP contribution is -2.15. The van der Waals surface area contributed by atoms with E-state index in [-0.39, 0.29) is 5.70 Å². The van der Waals surface area contributed by atoms with E-state index in [1.165, 1.54) is 19.3 Å². The lowest BCUT2D eigenvalue weighted by atomic mass is 10.2. The van der Waals surface area contributed by atoms with Crippen molar-refractivity contribution < 1.29 is 9.53 Å². The van der Waals surface area contributed by atoms with E-state index in [1.54, 1.807) is 13.0 Å². The molecule has 0 aliphatic heterocycles. The van der Waals surface area contributed by atoms with E-state index in [9.17, 15) is 4.79 Å². The van der Waals surface area contributed by atoms with E-state index < -0.39 is 5.97 Å². The predicted octanol–water partition coefficient (Wildman–Crippen LogP) is 2.36. The molecule has 0 spiro atoms. The maximum absolute atomic E-state index is 11.0. The van der Waals surface area contributed by atoms with Crippen molar-refractivity contribution in [2.75, 3.05) is 6.61 Å². The summed E-state index contributed by atoms with van der Waals surface area (Å²) in [6, 6.07) is 0. The summed E-state index contributed by atoms with van der Waals surface area (Å²) >= 11 is 0. The Morgan fingerprint density at radius 2 is 1.93 bits per heavy atom. The normalized spacial score (nSPS) is 11.4. The van der Waals surface area contributed by atoms with Crippen molar-refractivity contribution in [3.05, 3.63) is 11.8 Å². The Labute approximate surface area is 86.3 Å². The second-order valence-corrected chi connectivity index (χ2v) is 3.29. The van der Waals surface area contributed by atoms with Gasteiger partial charge in [-0.2, -0.15) is 0 Å². The molecule has 0 aliphatic rings. The minimum absolute atomic E-state index is 0.193. The van der Waals surface area contributed by atoms with E-state index >= 15 is 0 Å². The summed E-state index contributed by atoms with van der Waals surface area (Å²) in [5.74, 6) is -0.400. The first kappa shape index (κ1) is 13.0. The molecule has 0 aliphatic carbocycles. The lowest BCUT2D eigenvalue weighted by Gasteiger charge is -2.03. The summed E-state index contributed by atoms with van der Waals surface area (Å²) in [5.41, 5.74) is 5.56. The quantitative estimate of drug-likeness (QED) is 0.389. The second-order valence-electron chi connectivity index (χ2n) is 3.29.